The number of aryl methyl sites for hydroxylation is 6. The topological polar surface area (TPSA) is 160 Å². The molecule has 2 aliphatic heterocycles. The zero-order valence-electron chi connectivity index (χ0n) is 50.9. The van der Waals surface area contributed by atoms with E-state index < -0.39 is 5.97 Å². The molecule has 0 spiro atoms. The number of esters is 1. The largest absolute Gasteiger partial charge is 0.464 e. The van der Waals surface area contributed by atoms with Gasteiger partial charge >= 0.3 is 5.97 Å². The number of benzene rings is 7. The van der Waals surface area contributed by atoms with Crippen molar-refractivity contribution in [2.24, 2.45) is 0 Å². The predicted octanol–water partition coefficient (Wildman–Crippen LogP) is 15.2. The Bertz CT molecular complexity index is 4150. The number of aromatic nitrogens is 6. The molecule has 0 radical (unpaired) electrons. The van der Waals surface area contributed by atoms with Gasteiger partial charge in [0.05, 0.1) is 43.8 Å². The lowest BCUT2D eigenvalue weighted by molar-refractivity contribution is 0.0592. The van der Waals surface area contributed by atoms with Gasteiger partial charge in [0.25, 0.3) is 11.8 Å². The summed E-state index contributed by atoms with van der Waals surface area (Å²) in [5, 5.41) is 20.9. The summed E-state index contributed by atoms with van der Waals surface area (Å²) in [5.41, 5.74) is 20.4. The zero-order chi connectivity index (χ0) is 62.7. The van der Waals surface area contributed by atoms with Gasteiger partial charge in [-0.1, -0.05) is 155 Å². The summed E-state index contributed by atoms with van der Waals surface area (Å²) in [4.78, 5) is 37.8. The highest BCUT2D eigenvalue weighted by Gasteiger charge is 2.22. The van der Waals surface area contributed by atoms with Gasteiger partial charge in [0.1, 0.15) is 0 Å². The Kier molecular flexibility index (Phi) is 20.5. The van der Waals surface area contributed by atoms with Crippen LogP contribution in [0.5, 0.6) is 11.5 Å². The highest BCUT2D eigenvalue weighted by Crippen LogP contribution is 2.34. The molecule has 456 valence electrons. The molecule has 18 heteroatoms. The number of fused-ring (bicyclic) bond motifs is 1. The van der Waals surface area contributed by atoms with Crippen LogP contribution < -0.4 is 20.2 Å². The van der Waals surface area contributed by atoms with Crippen molar-refractivity contribution in [2.75, 3.05) is 27.0 Å². The normalized spacial score (nSPS) is 12.6. The number of rotatable bonds is 15. The summed E-state index contributed by atoms with van der Waals surface area (Å²) in [6, 6.07) is 53.5. The molecule has 12 rings (SSSR count). The Morgan fingerprint density at radius 3 is 1.28 bits per heavy atom. The predicted molar refractivity (Wildman–Crippen MR) is 351 cm³/mol. The number of hydrogen-bond donors (Lipinski definition) is 2. The standard InChI is InChI=1S/C27H24ClN3O3.C24H27ClN4O.C20H19ClN2O2/c1-17-3-5-19(6-4-17)15-31-24(21-8-9-22(28)18(2)11-21)13-23(30-31)27(32)29-14-20-7-10-25-26(12-20)34-16-33-25;1-17-6-8-19(9-7-17)16-29-23(20-10-11-21(25)18(2)14-20)15-22(26-29)24(30)27-28-12-4-3-5-13-28;1-13-4-6-15(7-5-13)12-23-19(11-18(22-23)20(24)25-3)16-8-9-17(21)14(2)10-16/h3-13H,14-16H2,1-2H3,(H,29,32);6-11,14-15H,3-5,12-13,16H2,1-2H3,(H,27,30);4-11H,12H2,1-3H3. The van der Waals surface area contributed by atoms with Crippen LogP contribution >= 0.6 is 34.8 Å². The highest BCUT2D eigenvalue weighted by atomic mass is 35.5. The van der Waals surface area contributed by atoms with E-state index in [-0.39, 0.29) is 24.3 Å². The number of halogens is 3. The molecule has 0 atom stereocenters. The molecule has 0 unspecified atom stereocenters. The van der Waals surface area contributed by atoms with Gasteiger partial charge in [-0.05, 0) is 160 Å². The molecule has 3 aromatic heterocycles. The minimum atomic E-state index is -0.449. The maximum Gasteiger partial charge on any atom is 0.358 e. The number of piperidine rings is 1. The Hall–Kier alpha value is -8.99. The van der Waals surface area contributed by atoms with Crippen LogP contribution in [0.25, 0.3) is 33.8 Å². The van der Waals surface area contributed by atoms with Crippen molar-refractivity contribution in [3.8, 4) is 45.3 Å². The lowest BCUT2D eigenvalue weighted by Crippen LogP contribution is -2.45. The van der Waals surface area contributed by atoms with Crippen LogP contribution in [-0.4, -0.2) is 79.1 Å². The number of hydrogen-bond acceptors (Lipinski definition) is 10. The fourth-order valence-electron chi connectivity index (χ4n) is 10.3. The summed E-state index contributed by atoms with van der Waals surface area (Å²) in [5.74, 6) is 0.552. The third-order valence-corrected chi connectivity index (χ3v) is 16.7. The molecule has 15 nitrogen and oxygen atoms in total. The second-order valence-corrected chi connectivity index (χ2v) is 23.6. The van der Waals surface area contributed by atoms with E-state index in [1.54, 1.807) is 6.07 Å². The van der Waals surface area contributed by atoms with E-state index in [0.717, 1.165) is 104 Å². The molecule has 0 saturated carbocycles. The van der Waals surface area contributed by atoms with E-state index in [0.29, 0.717) is 59.1 Å². The molecule has 7 aromatic carbocycles. The average molecular weight is 1250 g/mol. The third kappa shape index (κ3) is 16.2. The zero-order valence-corrected chi connectivity index (χ0v) is 53.1. The van der Waals surface area contributed by atoms with Gasteiger partial charge in [-0.15, -0.1) is 0 Å². The molecule has 2 aliphatic rings. The van der Waals surface area contributed by atoms with E-state index in [1.165, 1.54) is 30.2 Å². The monoisotopic (exact) mass is 1250 g/mol. The second kappa shape index (κ2) is 28.9. The molecule has 0 bridgehead atoms. The number of ether oxygens (including phenoxy) is 3. The summed E-state index contributed by atoms with van der Waals surface area (Å²) in [7, 11) is 1.35. The van der Waals surface area contributed by atoms with Gasteiger partial charge in [-0.2, -0.15) is 15.3 Å². The van der Waals surface area contributed by atoms with E-state index in [1.807, 2.05) is 125 Å². The van der Waals surface area contributed by atoms with E-state index >= 15 is 0 Å². The smallest absolute Gasteiger partial charge is 0.358 e. The lowest BCUT2D eigenvalue weighted by atomic mass is 10.1. The minimum absolute atomic E-state index is 0.161. The molecular formula is C71H70Cl3N9O6. The van der Waals surface area contributed by atoms with Gasteiger partial charge in [-0.3, -0.25) is 29.1 Å². The van der Waals surface area contributed by atoms with Crippen molar-refractivity contribution in [1.82, 2.24) is 45.1 Å². The van der Waals surface area contributed by atoms with Crippen LogP contribution in [-0.2, 0) is 30.9 Å². The highest BCUT2D eigenvalue weighted by molar-refractivity contribution is 6.32. The average Bonchev–Trinajstić information content (AvgIpc) is 2.32. The number of nitrogens with one attached hydrogen (secondary N) is 2. The summed E-state index contributed by atoms with van der Waals surface area (Å²) >= 11 is 18.6. The Balaban J connectivity index is 0.000000149. The van der Waals surface area contributed by atoms with E-state index in [4.69, 9.17) is 49.0 Å². The van der Waals surface area contributed by atoms with Gasteiger partial charge in [-0.25, -0.2) is 9.80 Å². The van der Waals surface area contributed by atoms with E-state index in [9.17, 15) is 14.4 Å². The van der Waals surface area contributed by atoms with Crippen LogP contribution in [0, 0.1) is 41.5 Å². The Labute approximate surface area is 534 Å². The number of methoxy groups -OCH3 is 1. The van der Waals surface area contributed by atoms with Gasteiger partial charge < -0.3 is 19.5 Å². The van der Waals surface area contributed by atoms with Gasteiger partial charge in [0.15, 0.2) is 28.6 Å². The fraction of sp³-hybridized carbons (Fsp3) is 0.239. The molecule has 10 aromatic rings. The number of carbonyl (C=O) groups is 3. The summed E-state index contributed by atoms with van der Waals surface area (Å²) < 4.78 is 21.2. The van der Waals surface area contributed by atoms with Crippen molar-refractivity contribution >= 4 is 52.6 Å². The molecule has 0 aliphatic carbocycles. The molecule has 1 fully saturated rings. The molecule has 1 saturated heterocycles. The van der Waals surface area contributed by atoms with Crippen molar-refractivity contribution < 1.29 is 28.6 Å². The first-order valence-corrected chi connectivity index (χ1v) is 30.6. The van der Waals surface area contributed by atoms with Crippen molar-refractivity contribution in [3.05, 3.63) is 252 Å². The maximum atomic E-state index is 13.0. The molecule has 89 heavy (non-hydrogen) atoms. The molecule has 2 amide bonds. The first-order valence-electron chi connectivity index (χ1n) is 29.4. The van der Waals surface area contributed by atoms with Crippen LogP contribution in [0.1, 0.15) is 106 Å². The maximum absolute atomic E-state index is 13.0. The van der Waals surface area contributed by atoms with Crippen molar-refractivity contribution in [1.29, 1.82) is 0 Å². The lowest BCUT2D eigenvalue weighted by Gasteiger charge is -2.26. The number of nitrogens with zero attached hydrogens (tertiary/aromatic N) is 7. The first kappa shape index (κ1) is 63.0. The van der Waals surface area contributed by atoms with E-state index in [2.05, 4.69) is 120 Å². The fourth-order valence-corrected chi connectivity index (χ4v) is 10.6. The number of carbonyl (C=O) groups excluding carboxylic acids is 3. The number of amides is 2. The van der Waals surface area contributed by atoms with Crippen molar-refractivity contribution in [2.45, 2.75) is 87.0 Å². The first-order chi connectivity index (χ1) is 42.9. The number of hydrazine groups is 1. The second-order valence-electron chi connectivity index (χ2n) is 22.4. The van der Waals surface area contributed by atoms with Gasteiger partial charge in [0, 0.05) is 51.4 Å². The third-order valence-electron chi connectivity index (χ3n) is 15.4. The van der Waals surface area contributed by atoms with Gasteiger partial charge in [0.2, 0.25) is 6.79 Å². The van der Waals surface area contributed by atoms with Crippen molar-refractivity contribution in [3.63, 3.8) is 0 Å². The van der Waals surface area contributed by atoms with Crippen LogP contribution in [0.4, 0.5) is 0 Å². The molecular weight excluding hydrogens is 1180 g/mol. The Morgan fingerprint density at radius 1 is 0.461 bits per heavy atom. The Morgan fingerprint density at radius 2 is 0.854 bits per heavy atom. The van der Waals surface area contributed by atoms with Crippen LogP contribution in [0.15, 0.2) is 164 Å². The summed E-state index contributed by atoms with van der Waals surface area (Å²) in [6.45, 7) is 16.1. The van der Waals surface area contributed by atoms with Crippen LogP contribution in [0.3, 0.4) is 0 Å². The van der Waals surface area contributed by atoms with Crippen LogP contribution in [0.2, 0.25) is 15.1 Å². The SMILES string of the molecule is COC(=O)c1cc(-c2ccc(Cl)c(C)c2)n(Cc2ccc(C)cc2)n1.Cc1ccc(Cn2nc(C(=O)NCc3ccc4c(c3)OCO4)cc2-c2ccc(Cl)c(C)c2)cc1.Cc1ccc(Cn2nc(C(=O)NN3CCCCC3)cc2-c2ccc(Cl)c(C)c2)cc1. The quantitative estimate of drug-likeness (QED) is 0.0946. The molecule has 2 N–H and O–H groups in total. The minimum Gasteiger partial charge on any atom is -0.464 e. The summed E-state index contributed by atoms with van der Waals surface area (Å²) in [6.07, 6.45) is 3.44. The molecule has 5 heterocycles.